The van der Waals surface area contributed by atoms with Crippen molar-refractivity contribution < 1.29 is 9.90 Å². The molecule has 1 saturated carbocycles. The van der Waals surface area contributed by atoms with Crippen LogP contribution in [0.1, 0.15) is 55.6 Å². The van der Waals surface area contributed by atoms with Crippen LogP contribution in [0.5, 0.6) is 0 Å². The van der Waals surface area contributed by atoms with Crippen molar-refractivity contribution in [3.8, 4) is 0 Å². The van der Waals surface area contributed by atoms with E-state index in [4.69, 9.17) is 0 Å². The van der Waals surface area contributed by atoms with Crippen molar-refractivity contribution in [2.45, 2.75) is 52.5 Å². The number of hydrogen-bond acceptors (Lipinski definition) is 3. The normalized spacial score (nSPS) is 21.9. The molecule has 104 valence electrons. The van der Waals surface area contributed by atoms with Crippen LogP contribution < -0.4 is 5.32 Å². The van der Waals surface area contributed by atoms with Crippen molar-refractivity contribution in [2.24, 2.45) is 5.41 Å². The van der Waals surface area contributed by atoms with Gasteiger partial charge < -0.3 is 10.4 Å². The lowest BCUT2D eigenvalue weighted by Crippen LogP contribution is -2.32. The summed E-state index contributed by atoms with van der Waals surface area (Å²) in [4.78, 5) is 15.6. The van der Waals surface area contributed by atoms with Crippen molar-refractivity contribution >= 4 is 11.8 Å². The zero-order valence-electron chi connectivity index (χ0n) is 11.9. The number of rotatable bonds is 3. The summed E-state index contributed by atoms with van der Waals surface area (Å²) in [7, 11) is 0. The van der Waals surface area contributed by atoms with E-state index in [1.54, 1.807) is 12.1 Å². The molecule has 4 nitrogen and oxygen atoms in total. The fourth-order valence-corrected chi connectivity index (χ4v) is 2.85. The number of carboxylic acids is 1. The van der Waals surface area contributed by atoms with Crippen LogP contribution in [0.2, 0.25) is 0 Å². The largest absolute Gasteiger partial charge is 0.478 e. The second kappa shape index (κ2) is 5.19. The van der Waals surface area contributed by atoms with E-state index < -0.39 is 5.97 Å². The minimum absolute atomic E-state index is 0.258. The molecule has 1 aliphatic rings. The van der Waals surface area contributed by atoms with Crippen LogP contribution in [0.3, 0.4) is 0 Å². The van der Waals surface area contributed by atoms with Crippen molar-refractivity contribution in [2.75, 3.05) is 5.32 Å². The van der Waals surface area contributed by atoms with Gasteiger partial charge in [0.2, 0.25) is 0 Å². The van der Waals surface area contributed by atoms with Crippen LogP contribution in [0, 0.1) is 12.3 Å². The zero-order chi connectivity index (χ0) is 14.0. The molecule has 1 fully saturated rings. The summed E-state index contributed by atoms with van der Waals surface area (Å²) in [6.45, 7) is 6.41. The smallest absolute Gasteiger partial charge is 0.339 e. The molecule has 0 aromatic carbocycles. The number of aromatic nitrogens is 1. The maximum absolute atomic E-state index is 11.2. The first-order valence-corrected chi connectivity index (χ1v) is 6.85. The van der Waals surface area contributed by atoms with E-state index >= 15 is 0 Å². The molecular weight excluding hydrogens is 240 g/mol. The Labute approximate surface area is 114 Å². The Morgan fingerprint density at radius 3 is 2.84 bits per heavy atom. The second-order valence-electron chi connectivity index (χ2n) is 6.26. The van der Waals surface area contributed by atoms with Crippen molar-refractivity contribution in [3.05, 3.63) is 23.4 Å². The number of carboxylic acid groups (broad SMARTS) is 1. The SMILES string of the molecule is Cc1ccc(C(=O)O)c(NC2CCCC(C)(C)C2)n1. The lowest BCUT2D eigenvalue weighted by Gasteiger charge is -2.36. The van der Waals surface area contributed by atoms with Gasteiger partial charge in [0, 0.05) is 11.7 Å². The Morgan fingerprint density at radius 2 is 2.21 bits per heavy atom. The molecule has 1 atom stereocenters. The van der Waals surface area contributed by atoms with Crippen LogP contribution in [-0.2, 0) is 0 Å². The lowest BCUT2D eigenvalue weighted by atomic mass is 9.75. The number of nitrogens with zero attached hydrogens (tertiary/aromatic N) is 1. The molecule has 0 bridgehead atoms. The predicted molar refractivity (Wildman–Crippen MR) is 75.6 cm³/mol. The lowest BCUT2D eigenvalue weighted by molar-refractivity contribution is 0.0697. The number of pyridine rings is 1. The van der Waals surface area contributed by atoms with Gasteiger partial charge in [-0.15, -0.1) is 0 Å². The molecule has 0 saturated heterocycles. The Bertz CT molecular complexity index is 483. The fraction of sp³-hybridized carbons (Fsp3) is 0.600. The third-order valence-corrected chi connectivity index (χ3v) is 3.81. The van der Waals surface area contributed by atoms with Crippen LogP contribution in [0.15, 0.2) is 12.1 Å². The summed E-state index contributed by atoms with van der Waals surface area (Å²) in [5, 5.41) is 12.5. The molecular formula is C15H22N2O2. The minimum atomic E-state index is -0.926. The van der Waals surface area contributed by atoms with Crippen LogP contribution in [0.4, 0.5) is 5.82 Å². The molecule has 0 radical (unpaired) electrons. The average Bonchev–Trinajstić information content (AvgIpc) is 2.27. The summed E-state index contributed by atoms with van der Waals surface area (Å²) in [6, 6.07) is 3.68. The molecule has 0 amide bonds. The quantitative estimate of drug-likeness (QED) is 0.875. The number of carbonyl (C=O) groups is 1. The Balaban J connectivity index is 2.18. The molecule has 2 rings (SSSR count). The summed E-state index contributed by atoms with van der Waals surface area (Å²) in [5.74, 6) is -0.416. The molecule has 1 aliphatic carbocycles. The van der Waals surface area contributed by atoms with Crippen molar-refractivity contribution in [3.63, 3.8) is 0 Å². The zero-order valence-corrected chi connectivity index (χ0v) is 11.9. The monoisotopic (exact) mass is 262 g/mol. The van der Waals surface area contributed by atoms with Gasteiger partial charge >= 0.3 is 5.97 Å². The first-order chi connectivity index (χ1) is 8.87. The highest BCUT2D eigenvalue weighted by molar-refractivity contribution is 5.93. The van der Waals surface area contributed by atoms with E-state index in [2.05, 4.69) is 24.1 Å². The molecule has 2 N–H and O–H groups in total. The van der Waals surface area contributed by atoms with E-state index in [1.807, 2.05) is 6.92 Å². The van der Waals surface area contributed by atoms with E-state index in [1.165, 1.54) is 12.8 Å². The highest BCUT2D eigenvalue weighted by Gasteiger charge is 2.28. The maximum atomic E-state index is 11.2. The maximum Gasteiger partial charge on any atom is 0.339 e. The number of anilines is 1. The molecule has 1 aromatic rings. The first-order valence-electron chi connectivity index (χ1n) is 6.85. The molecule has 4 heteroatoms. The summed E-state index contributed by atoms with van der Waals surface area (Å²) < 4.78 is 0. The predicted octanol–water partition coefficient (Wildman–Crippen LogP) is 3.47. The van der Waals surface area contributed by atoms with Gasteiger partial charge in [-0.3, -0.25) is 0 Å². The minimum Gasteiger partial charge on any atom is -0.478 e. The molecule has 0 spiro atoms. The standard InChI is InChI=1S/C15H22N2O2/c1-10-6-7-12(14(18)19)13(16-10)17-11-5-4-8-15(2,3)9-11/h6-7,11H,4-5,8-9H2,1-3H3,(H,16,17)(H,18,19). The highest BCUT2D eigenvalue weighted by atomic mass is 16.4. The van der Waals surface area contributed by atoms with E-state index in [0.717, 1.165) is 18.5 Å². The van der Waals surface area contributed by atoms with E-state index in [9.17, 15) is 9.90 Å². The van der Waals surface area contributed by atoms with Gasteiger partial charge in [-0.05, 0) is 43.7 Å². The van der Waals surface area contributed by atoms with Crippen molar-refractivity contribution in [1.29, 1.82) is 0 Å². The summed E-state index contributed by atoms with van der Waals surface area (Å²) in [5.41, 5.74) is 1.42. The number of aromatic carboxylic acids is 1. The van der Waals surface area contributed by atoms with E-state index in [-0.39, 0.29) is 5.56 Å². The first kappa shape index (κ1) is 13.8. The topological polar surface area (TPSA) is 62.2 Å². The molecule has 19 heavy (non-hydrogen) atoms. The number of aryl methyl sites for hydroxylation is 1. The van der Waals surface area contributed by atoms with Gasteiger partial charge in [0.15, 0.2) is 0 Å². The van der Waals surface area contributed by atoms with Gasteiger partial charge in [-0.25, -0.2) is 9.78 Å². The van der Waals surface area contributed by atoms with Gasteiger partial charge in [-0.2, -0.15) is 0 Å². The summed E-state index contributed by atoms with van der Waals surface area (Å²) >= 11 is 0. The van der Waals surface area contributed by atoms with E-state index in [0.29, 0.717) is 17.3 Å². The Kier molecular flexibility index (Phi) is 3.78. The Hall–Kier alpha value is -1.58. The van der Waals surface area contributed by atoms with Crippen LogP contribution >= 0.6 is 0 Å². The summed E-state index contributed by atoms with van der Waals surface area (Å²) in [6.07, 6.45) is 4.55. The molecule has 1 aromatic heterocycles. The van der Waals surface area contributed by atoms with Gasteiger partial charge in [-0.1, -0.05) is 20.3 Å². The third kappa shape index (κ3) is 3.46. The van der Waals surface area contributed by atoms with Crippen LogP contribution in [-0.4, -0.2) is 22.1 Å². The number of nitrogens with one attached hydrogen (secondary N) is 1. The molecule has 1 unspecified atom stereocenters. The van der Waals surface area contributed by atoms with Gasteiger partial charge in [0.25, 0.3) is 0 Å². The number of hydrogen-bond donors (Lipinski definition) is 2. The Morgan fingerprint density at radius 1 is 1.47 bits per heavy atom. The fourth-order valence-electron chi connectivity index (χ4n) is 2.85. The van der Waals surface area contributed by atoms with Gasteiger partial charge in [0.05, 0.1) is 0 Å². The second-order valence-corrected chi connectivity index (χ2v) is 6.26. The average molecular weight is 262 g/mol. The molecule has 1 heterocycles. The van der Waals surface area contributed by atoms with Crippen molar-refractivity contribution in [1.82, 2.24) is 4.98 Å². The van der Waals surface area contributed by atoms with Gasteiger partial charge in [0.1, 0.15) is 11.4 Å². The highest BCUT2D eigenvalue weighted by Crippen LogP contribution is 2.36. The third-order valence-electron chi connectivity index (χ3n) is 3.81. The van der Waals surface area contributed by atoms with Crippen LogP contribution in [0.25, 0.3) is 0 Å². The molecule has 0 aliphatic heterocycles.